The number of hydrogen-bond acceptors (Lipinski definition) is 2. The third-order valence-electron chi connectivity index (χ3n) is 3.52. The van der Waals surface area contributed by atoms with E-state index in [2.05, 4.69) is 50.4 Å². The average molecular weight is 276 g/mol. The van der Waals surface area contributed by atoms with Crippen LogP contribution in [0.5, 0.6) is 0 Å². The summed E-state index contributed by atoms with van der Waals surface area (Å²) in [4.78, 5) is 13.7. The van der Waals surface area contributed by atoms with Gasteiger partial charge in [0.15, 0.2) is 0 Å². The molecule has 1 rings (SSSR count). The van der Waals surface area contributed by atoms with Crippen LogP contribution in [0.1, 0.15) is 51.5 Å². The van der Waals surface area contributed by atoms with Crippen molar-refractivity contribution in [3.63, 3.8) is 0 Å². The van der Waals surface area contributed by atoms with Crippen LogP contribution >= 0.6 is 0 Å². The highest BCUT2D eigenvalue weighted by Crippen LogP contribution is 2.17. The van der Waals surface area contributed by atoms with Crippen molar-refractivity contribution in [1.82, 2.24) is 4.90 Å². The molecular formula is C17H28N2O. The molecule has 112 valence electrons. The Kier molecular flexibility index (Phi) is 7.13. The first-order valence-corrected chi connectivity index (χ1v) is 7.62. The highest BCUT2D eigenvalue weighted by molar-refractivity contribution is 5.76. The molecule has 1 aromatic carbocycles. The molecule has 3 heteroatoms. The number of amides is 1. The number of nitrogens with zero attached hydrogens (tertiary/aromatic N) is 1. The number of benzene rings is 1. The lowest BCUT2D eigenvalue weighted by molar-refractivity contribution is -0.129. The first-order valence-electron chi connectivity index (χ1n) is 7.62. The van der Waals surface area contributed by atoms with E-state index in [-0.39, 0.29) is 5.91 Å². The zero-order valence-corrected chi connectivity index (χ0v) is 13.3. The summed E-state index contributed by atoms with van der Waals surface area (Å²) < 4.78 is 0. The van der Waals surface area contributed by atoms with Crippen LogP contribution < -0.4 is 5.32 Å². The van der Waals surface area contributed by atoms with Crippen LogP contribution in [0, 0.1) is 0 Å². The van der Waals surface area contributed by atoms with E-state index in [1.165, 1.54) is 5.56 Å². The van der Waals surface area contributed by atoms with Gasteiger partial charge in [-0.25, -0.2) is 0 Å². The zero-order valence-electron chi connectivity index (χ0n) is 13.3. The Labute approximate surface area is 123 Å². The van der Waals surface area contributed by atoms with E-state index in [9.17, 15) is 4.79 Å². The minimum absolute atomic E-state index is 0.213. The molecule has 1 amide bonds. The Morgan fingerprint density at radius 1 is 1.25 bits per heavy atom. The molecule has 3 nitrogen and oxygen atoms in total. The largest absolute Gasteiger partial charge is 0.385 e. The zero-order chi connectivity index (χ0) is 15.0. The van der Waals surface area contributed by atoms with Crippen molar-refractivity contribution >= 4 is 11.6 Å². The molecule has 0 unspecified atom stereocenters. The van der Waals surface area contributed by atoms with E-state index in [4.69, 9.17) is 0 Å². The number of anilines is 1. The van der Waals surface area contributed by atoms with E-state index in [0.717, 1.165) is 25.1 Å². The molecular weight excluding hydrogens is 248 g/mol. The van der Waals surface area contributed by atoms with Crippen LogP contribution in [0.4, 0.5) is 5.69 Å². The lowest BCUT2D eigenvalue weighted by Crippen LogP contribution is -2.29. The summed E-state index contributed by atoms with van der Waals surface area (Å²) in [7, 11) is 1.88. The summed E-state index contributed by atoms with van der Waals surface area (Å²) in [6.07, 6.45) is 2.75. The molecule has 0 saturated carbocycles. The maximum Gasteiger partial charge on any atom is 0.224 e. The predicted molar refractivity (Wildman–Crippen MR) is 86.2 cm³/mol. The SMILES string of the molecule is CCCCN(C)C(=O)CCNc1ccc(C(C)C)cc1. The van der Waals surface area contributed by atoms with Gasteiger partial charge in [-0.3, -0.25) is 4.79 Å². The molecule has 0 saturated heterocycles. The number of hydrogen-bond donors (Lipinski definition) is 1. The van der Waals surface area contributed by atoms with Gasteiger partial charge < -0.3 is 10.2 Å². The smallest absolute Gasteiger partial charge is 0.224 e. The molecule has 0 fully saturated rings. The molecule has 0 aliphatic heterocycles. The molecule has 0 aliphatic rings. The molecule has 0 atom stereocenters. The van der Waals surface area contributed by atoms with Crippen molar-refractivity contribution in [3.8, 4) is 0 Å². The topological polar surface area (TPSA) is 32.3 Å². The number of carbonyl (C=O) groups excluding carboxylic acids is 1. The Bertz CT molecular complexity index is 398. The van der Waals surface area contributed by atoms with E-state index < -0.39 is 0 Å². The Hall–Kier alpha value is -1.51. The number of nitrogens with one attached hydrogen (secondary N) is 1. The van der Waals surface area contributed by atoms with Crippen LogP contribution in [0.25, 0.3) is 0 Å². The molecule has 0 heterocycles. The summed E-state index contributed by atoms with van der Waals surface area (Å²) in [6.45, 7) is 8.07. The van der Waals surface area contributed by atoms with E-state index in [1.807, 2.05) is 11.9 Å². The first-order chi connectivity index (χ1) is 9.54. The second kappa shape index (κ2) is 8.62. The fourth-order valence-corrected chi connectivity index (χ4v) is 2.01. The number of carbonyl (C=O) groups is 1. The third kappa shape index (κ3) is 5.64. The lowest BCUT2D eigenvalue weighted by Gasteiger charge is -2.17. The van der Waals surface area contributed by atoms with Crippen molar-refractivity contribution in [2.24, 2.45) is 0 Å². The average Bonchev–Trinajstić information content (AvgIpc) is 2.45. The molecule has 1 N–H and O–H groups in total. The van der Waals surface area contributed by atoms with Crippen LogP contribution in [-0.2, 0) is 4.79 Å². The van der Waals surface area contributed by atoms with Crippen LogP contribution in [-0.4, -0.2) is 30.9 Å². The van der Waals surface area contributed by atoms with E-state index >= 15 is 0 Å². The standard InChI is InChI=1S/C17H28N2O/c1-5-6-13-19(4)17(20)11-12-18-16-9-7-15(8-10-16)14(2)3/h7-10,14,18H,5-6,11-13H2,1-4H3. The number of unbranched alkanes of at least 4 members (excludes halogenated alkanes) is 1. The van der Waals surface area contributed by atoms with Crippen LogP contribution in [0.3, 0.4) is 0 Å². The molecule has 0 aliphatic carbocycles. The second-order valence-electron chi connectivity index (χ2n) is 5.62. The second-order valence-corrected chi connectivity index (χ2v) is 5.62. The van der Waals surface area contributed by atoms with Gasteiger partial charge in [0, 0.05) is 32.2 Å². The molecule has 0 aromatic heterocycles. The first kappa shape index (κ1) is 16.5. The summed E-state index contributed by atoms with van der Waals surface area (Å²) in [5.41, 5.74) is 2.42. The van der Waals surface area contributed by atoms with E-state index in [0.29, 0.717) is 18.9 Å². The van der Waals surface area contributed by atoms with Gasteiger partial charge in [-0.2, -0.15) is 0 Å². The lowest BCUT2D eigenvalue weighted by atomic mass is 10.0. The quantitative estimate of drug-likeness (QED) is 0.781. The van der Waals surface area contributed by atoms with Crippen LogP contribution in [0.2, 0.25) is 0 Å². The molecule has 1 aromatic rings. The van der Waals surface area contributed by atoms with Crippen molar-refractivity contribution in [2.45, 2.75) is 46.0 Å². The van der Waals surface area contributed by atoms with Crippen LogP contribution in [0.15, 0.2) is 24.3 Å². The summed E-state index contributed by atoms with van der Waals surface area (Å²) in [6, 6.07) is 8.45. The maximum absolute atomic E-state index is 11.9. The number of rotatable bonds is 8. The normalized spacial score (nSPS) is 10.7. The van der Waals surface area contributed by atoms with Gasteiger partial charge in [0.25, 0.3) is 0 Å². The third-order valence-corrected chi connectivity index (χ3v) is 3.52. The summed E-state index contributed by atoms with van der Waals surface area (Å²) in [5, 5.41) is 3.31. The monoisotopic (exact) mass is 276 g/mol. The minimum Gasteiger partial charge on any atom is -0.385 e. The fraction of sp³-hybridized carbons (Fsp3) is 0.588. The minimum atomic E-state index is 0.213. The van der Waals surface area contributed by atoms with Gasteiger partial charge in [-0.1, -0.05) is 39.3 Å². The summed E-state index contributed by atoms with van der Waals surface area (Å²) in [5.74, 6) is 0.766. The van der Waals surface area contributed by atoms with Gasteiger partial charge in [0.1, 0.15) is 0 Å². The maximum atomic E-state index is 11.9. The fourth-order valence-electron chi connectivity index (χ4n) is 2.01. The van der Waals surface area contributed by atoms with Crippen molar-refractivity contribution in [1.29, 1.82) is 0 Å². The van der Waals surface area contributed by atoms with Crippen molar-refractivity contribution in [3.05, 3.63) is 29.8 Å². The Balaban J connectivity index is 2.31. The molecule has 0 radical (unpaired) electrons. The van der Waals surface area contributed by atoms with Gasteiger partial charge in [0.2, 0.25) is 5.91 Å². The van der Waals surface area contributed by atoms with Crippen molar-refractivity contribution in [2.75, 3.05) is 25.5 Å². The Morgan fingerprint density at radius 2 is 1.90 bits per heavy atom. The van der Waals surface area contributed by atoms with Crippen molar-refractivity contribution < 1.29 is 4.79 Å². The molecule has 0 spiro atoms. The Morgan fingerprint density at radius 3 is 2.45 bits per heavy atom. The molecule has 20 heavy (non-hydrogen) atoms. The highest BCUT2D eigenvalue weighted by atomic mass is 16.2. The van der Waals surface area contributed by atoms with Gasteiger partial charge in [0.05, 0.1) is 0 Å². The van der Waals surface area contributed by atoms with Gasteiger partial charge in [-0.05, 0) is 30.0 Å². The molecule has 0 bridgehead atoms. The van der Waals surface area contributed by atoms with Gasteiger partial charge >= 0.3 is 0 Å². The van der Waals surface area contributed by atoms with Gasteiger partial charge in [-0.15, -0.1) is 0 Å². The predicted octanol–water partition coefficient (Wildman–Crippen LogP) is 3.87. The summed E-state index contributed by atoms with van der Waals surface area (Å²) >= 11 is 0. The highest BCUT2D eigenvalue weighted by Gasteiger charge is 2.07. The van der Waals surface area contributed by atoms with E-state index in [1.54, 1.807) is 0 Å².